The number of ketones is 1. The van der Waals surface area contributed by atoms with Crippen LogP contribution in [0.4, 0.5) is 0 Å². The molecule has 0 radical (unpaired) electrons. The number of carbonyl (C=O) groups is 2. The van der Waals surface area contributed by atoms with Gasteiger partial charge in [-0.05, 0) is 19.3 Å². The number of aryl methyl sites for hydroxylation is 1. The summed E-state index contributed by atoms with van der Waals surface area (Å²) in [6, 6.07) is -0.0636. The van der Waals surface area contributed by atoms with Gasteiger partial charge in [0.2, 0.25) is 0 Å². The highest BCUT2D eigenvalue weighted by Gasteiger charge is 2.26. The van der Waals surface area contributed by atoms with Crippen molar-refractivity contribution >= 4 is 11.7 Å². The molecule has 134 valence electrons. The van der Waals surface area contributed by atoms with Gasteiger partial charge in [-0.3, -0.25) is 14.3 Å². The van der Waals surface area contributed by atoms with Crippen LogP contribution >= 0.6 is 0 Å². The van der Waals surface area contributed by atoms with Gasteiger partial charge in [-0.2, -0.15) is 5.10 Å². The van der Waals surface area contributed by atoms with Crippen LogP contribution in [0.5, 0.6) is 0 Å². The SMILES string of the molecule is Cn1ncc2c1CCCC2NC(=O)c1cn(CC(=O)C(C)(C)C)nn1. The first kappa shape index (κ1) is 17.3. The van der Waals surface area contributed by atoms with Crippen LogP contribution in [0.25, 0.3) is 0 Å². The van der Waals surface area contributed by atoms with Crippen molar-refractivity contribution in [2.24, 2.45) is 12.5 Å². The minimum atomic E-state index is -0.451. The summed E-state index contributed by atoms with van der Waals surface area (Å²) >= 11 is 0. The van der Waals surface area contributed by atoms with Crippen molar-refractivity contribution in [3.8, 4) is 0 Å². The average Bonchev–Trinajstić information content (AvgIpc) is 3.15. The zero-order chi connectivity index (χ0) is 18.2. The molecule has 1 unspecified atom stereocenters. The second-order valence-electron chi connectivity index (χ2n) is 7.56. The topological polar surface area (TPSA) is 94.7 Å². The molecule has 8 nitrogen and oxygen atoms in total. The Morgan fingerprint density at radius 2 is 2.12 bits per heavy atom. The molecule has 0 bridgehead atoms. The van der Waals surface area contributed by atoms with E-state index in [1.54, 1.807) is 0 Å². The van der Waals surface area contributed by atoms with Crippen LogP contribution in [-0.4, -0.2) is 36.5 Å². The molecule has 1 atom stereocenters. The van der Waals surface area contributed by atoms with E-state index in [0.29, 0.717) is 0 Å². The number of nitrogens with zero attached hydrogens (tertiary/aromatic N) is 5. The van der Waals surface area contributed by atoms with Gasteiger partial charge in [0.1, 0.15) is 6.54 Å². The van der Waals surface area contributed by atoms with E-state index < -0.39 is 5.41 Å². The first-order valence-electron chi connectivity index (χ1n) is 8.51. The third-order valence-corrected chi connectivity index (χ3v) is 4.59. The molecule has 0 spiro atoms. The molecule has 25 heavy (non-hydrogen) atoms. The van der Waals surface area contributed by atoms with Crippen LogP contribution in [0.3, 0.4) is 0 Å². The van der Waals surface area contributed by atoms with E-state index in [1.165, 1.54) is 10.9 Å². The molecule has 2 heterocycles. The number of nitrogens with one attached hydrogen (secondary N) is 1. The first-order chi connectivity index (χ1) is 11.8. The molecule has 1 amide bonds. The van der Waals surface area contributed by atoms with Crippen molar-refractivity contribution in [3.05, 3.63) is 29.3 Å². The molecule has 1 aliphatic carbocycles. The van der Waals surface area contributed by atoms with Gasteiger partial charge in [-0.25, -0.2) is 4.68 Å². The Labute approximate surface area is 146 Å². The summed E-state index contributed by atoms with van der Waals surface area (Å²) in [5.41, 5.74) is 2.00. The fourth-order valence-electron chi connectivity index (χ4n) is 2.95. The minimum Gasteiger partial charge on any atom is -0.344 e. The highest BCUT2D eigenvalue weighted by atomic mass is 16.2. The third kappa shape index (κ3) is 3.62. The lowest BCUT2D eigenvalue weighted by atomic mass is 9.91. The Kier molecular flexibility index (Phi) is 4.45. The summed E-state index contributed by atoms with van der Waals surface area (Å²) < 4.78 is 3.28. The van der Waals surface area contributed by atoms with Gasteiger partial charge < -0.3 is 5.32 Å². The van der Waals surface area contributed by atoms with E-state index in [0.717, 1.165) is 30.5 Å². The predicted octanol–water partition coefficient (Wildman–Crippen LogP) is 1.43. The van der Waals surface area contributed by atoms with Crippen molar-refractivity contribution in [1.29, 1.82) is 0 Å². The molecule has 0 saturated heterocycles. The van der Waals surface area contributed by atoms with Gasteiger partial charge in [0, 0.05) is 23.7 Å². The molecule has 1 N–H and O–H groups in total. The minimum absolute atomic E-state index is 0.0386. The maximum Gasteiger partial charge on any atom is 0.273 e. The lowest BCUT2D eigenvalue weighted by molar-refractivity contribution is -0.127. The zero-order valence-electron chi connectivity index (χ0n) is 15.1. The summed E-state index contributed by atoms with van der Waals surface area (Å²) in [6.07, 6.45) is 6.19. The molecular formula is C17H24N6O2. The van der Waals surface area contributed by atoms with Crippen LogP contribution < -0.4 is 5.32 Å². The first-order valence-corrected chi connectivity index (χ1v) is 8.51. The second-order valence-corrected chi connectivity index (χ2v) is 7.56. The highest BCUT2D eigenvalue weighted by Crippen LogP contribution is 2.29. The summed E-state index contributed by atoms with van der Waals surface area (Å²) in [5.74, 6) is -0.243. The number of rotatable bonds is 4. The zero-order valence-corrected chi connectivity index (χ0v) is 15.1. The fraction of sp³-hybridized carbons (Fsp3) is 0.588. The molecule has 2 aromatic heterocycles. The molecule has 1 aliphatic rings. The van der Waals surface area contributed by atoms with E-state index in [1.807, 2.05) is 38.7 Å². The van der Waals surface area contributed by atoms with Crippen molar-refractivity contribution in [1.82, 2.24) is 30.1 Å². The van der Waals surface area contributed by atoms with Gasteiger partial charge in [0.25, 0.3) is 5.91 Å². The fourth-order valence-corrected chi connectivity index (χ4v) is 2.95. The summed E-state index contributed by atoms with van der Waals surface area (Å²) in [4.78, 5) is 24.6. The molecule has 0 fully saturated rings. The Bertz CT molecular complexity index is 798. The van der Waals surface area contributed by atoms with E-state index in [9.17, 15) is 9.59 Å². The van der Waals surface area contributed by atoms with Gasteiger partial charge in [-0.15, -0.1) is 5.10 Å². The Morgan fingerprint density at radius 3 is 2.84 bits per heavy atom. The third-order valence-electron chi connectivity index (χ3n) is 4.59. The number of fused-ring (bicyclic) bond motifs is 1. The number of hydrogen-bond acceptors (Lipinski definition) is 5. The average molecular weight is 344 g/mol. The standard InChI is InChI=1S/C17H24N6O2/c1-17(2,3)15(24)10-23-9-13(20-21-23)16(25)19-12-6-5-7-14-11(12)8-18-22(14)4/h8-9,12H,5-7,10H2,1-4H3,(H,19,25). The highest BCUT2D eigenvalue weighted by molar-refractivity contribution is 5.92. The molecule has 2 aromatic rings. The molecule has 0 saturated carbocycles. The number of carbonyl (C=O) groups excluding carboxylic acids is 2. The number of amides is 1. The predicted molar refractivity (Wildman–Crippen MR) is 90.8 cm³/mol. The Morgan fingerprint density at radius 1 is 1.36 bits per heavy atom. The number of aromatic nitrogens is 5. The van der Waals surface area contributed by atoms with Gasteiger partial charge >= 0.3 is 0 Å². The maximum atomic E-state index is 12.5. The summed E-state index contributed by atoms with van der Waals surface area (Å²) in [5, 5.41) is 15.1. The van der Waals surface area contributed by atoms with E-state index in [-0.39, 0.29) is 30.0 Å². The molecule has 0 aromatic carbocycles. The van der Waals surface area contributed by atoms with Crippen molar-refractivity contribution in [3.63, 3.8) is 0 Å². The van der Waals surface area contributed by atoms with Gasteiger partial charge in [0.15, 0.2) is 11.5 Å². The number of Topliss-reactive ketones (excluding diaryl/α,β-unsaturated/α-hetero) is 1. The lowest BCUT2D eigenvalue weighted by Crippen LogP contribution is -2.31. The van der Waals surface area contributed by atoms with E-state index in [2.05, 4.69) is 20.7 Å². The van der Waals surface area contributed by atoms with Crippen molar-refractivity contribution in [2.45, 2.75) is 52.6 Å². The van der Waals surface area contributed by atoms with E-state index in [4.69, 9.17) is 0 Å². The molecule has 8 heteroatoms. The van der Waals surface area contributed by atoms with Crippen molar-refractivity contribution in [2.75, 3.05) is 0 Å². The molecule has 3 rings (SSSR count). The normalized spacial score (nSPS) is 17.2. The van der Waals surface area contributed by atoms with Gasteiger partial charge in [0.05, 0.1) is 18.4 Å². The van der Waals surface area contributed by atoms with Crippen LogP contribution in [0.1, 0.15) is 61.4 Å². The number of hydrogen-bond donors (Lipinski definition) is 1. The summed E-state index contributed by atoms with van der Waals surface area (Å²) in [6.45, 7) is 5.68. The molecule has 0 aliphatic heterocycles. The monoisotopic (exact) mass is 344 g/mol. The van der Waals surface area contributed by atoms with Crippen LogP contribution in [0, 0.1) is 5.41 Å². The Balaban J connectivity index is 1.68. The lowest BCUT2D eigenvalue weighted by Gasteiger charge is -2.23. The largest absolute Gasteiger partial charge is 0.344 e. The smallest absolute Gasteiger partial charge is 0.273 e. The van der Waals surface area contributed by atoms with Gasteiger partial charge in [-0.1, -0.05) is 26.0 Å². The molecular weight excluding hydrogens is 320 g/mol. The Hall–Kier alpha value is -2.51. The quantitative estimate of drug-likeness (QED) is 0.905. The van der Waals surface area contributed by atoms with E-state index >= 15 is 0 Å². The summed E-state index contributed by atoms with van der Waals surface area (Å²) in [7, 11) is 1.92. The van der Waals surface area contributed by atoms with Crippen LogP contribution in [-0.2, 0) is 24.8 Å². The van der Waals surface area contributed by atoms with Crippen LogP contribution in [0.15, 0.2) is 12.4 Å². The second kappa shape index (κ2) is 6.42. The van der Waals surface area contributed by atoms with Crippen LogP contribution in [0.2, 0.25) is 0 Å². The maximum absolute atomic E-state index is 12.5. The van der Waals surface area contributed by atoms with Crippen molar-refractivity contribution < 1.29 is 9.59 Å².